The van der Waals surface area contributed by atoms with Crippen molar-refractivity contribution in [1.29, 1.82) is 0 Å². The fourth-order valence-electron chi connectivity index (χ4n) is 4.53. The molecule has 0 heterocycles. The number of benzene rings is 2. The van der Waals surface area contributed by atoms with Gasteiger partial charge in [0.05, 0.1) is 11.7 Å². The van der Waals surface area contributed by atoms with Gasteiger partial charge in [-0.25, -0.2) is 4.79 Å². The molecule has 1 saturated carbocycles. The molecule has 1 fully saturated rings. The summed E-state index contributed by atoms with van der Waals surface area (Å²) in [4.78, 5) is 23.6. The van der Waals surface area contributed by atoms with Gasteiger partial charge in [-0.3, -0.25) is 4.79 Å². The molecule has 4 nitrogen and oxygen atoms in total. The average Bonchev–Trinajstić information content (AvgIpc) is 3.13. The van der Waals surface area contributed by atoms with E-state index < -0.39 is 12.1 Å². The van der Waals surface area contributed by atoms with E-state index in [1.807, 2.05) is 36.4 Å². The molecule has 0 aromatic heterocycles. The van der Waals surface area contributed by atoms with Gasteiger partial charge in [0.15, 0.2) is 0 Å². The number of aliphatic hydroxyl groups excluding tert-OH is 1. The Morgan fingerprint density at radius 3 is 2.40 bits per heavy atom. The first kappa shape index (κ1) is 22.2. The van der Waals surface area contributed by atoms with Gasteiger partial charge >= 0.3 is 5.97 Å². The van der Waals surface area contributed by atoms with Gasteiger partial charge in [-0.1, -0.05) is 62.6 Å². The smallest absolute Gasteiger partial charge is 0.335 e. The Morgan fingerprint density at radius 1 is 1.07 bits per heavy atom. The SMILES string of the molecule is CCCCCC(O)c1ccc(C2C(=O)CCC2CCc2ccc(C(=O)O)cc2)cc1. The van der Waals surface area contributed by atoms with Crippen LogP contribution < -0.4 is 0 Å². The number of aliphatic hydroxyl groups is 1. The highest BCUT2D eigenvalue weighted by atomic mass is 16.4. The Bertz CT molecular complexity index is 838. The summed E-state index contributed by atoms with van der Waals surface area (Å²) in [5, 5.41) is 19.4. The van der Waals surface area contributed by atoms with Crippen molar-refractivity contribution in [3.05, 3.63) is 70.8 Å². The van der Waals surface area contributed by atoms with Crippen LogP contribution in [0.2, 0.25) is 0 Å². The van der Waals surface area contributed by atoms with Crippen LogP contribution in [0.5, 0.6) is 0 Å². The van der Waals surface area contributed by atoms with E-state index in [0.29, 0.717) is 23.7 Å². The quantitative estimate of drug-likeness (QED) is 0.495. The molecule has 0 spiro atoms. The first-order valence-corrected chi connectivity index (χ1v) is 11.1. The standard InChI is InChI=1S/C26H32O4/c1-2-3-4-5-23(27)19-12-14-21(15-13-19)25-20(16-17-24(25)28)9-6-18-7-10-22(11-8-18)26(29)30/h7-8,10-15,20,23,25,27H,2-6,9,16-17H2,1H3,(H,29,30). The molecule has 3 atom stereocenters. The lowest BCUT2D eigenvalue weighted by Crippen LogP contribution is -2.14. The van der Waals surface area contributed by atoms with E-state index in [9.17, 15) is 14.7 Å². The van der Waals surface area contributed by atoms with Crippen molar-refractivity contribution in [3.8, 4) is 0 Å². The molecule has 0 amide bonds. The average molecular weight is 409 g/mol. The van der Waals surface area contributed by atoms with Crippen molar-refractivity contribution in [2.24, 2.45) is 5.92 Å². The van der Waals surface area contributed by atoms with Crippen molar-refractivity contribution in [1.82, 2.24) is 0 Å². The van der Waals surface area contributed by atoms with Crippen LogP contribution in [0.25, 0.3) is 0 Å². The third-order valence-electron chi connectivity index (χ3n) is 6.35. The molecule has 2 aromatic carbocycles. The second-order valence-electron chi connectivity index (χ2n) is 8.46. The Labute approximate surface area is 179 Å². The summed E-state index contributed by atoms with van der Waals surface area (Å²) in [6, 6.07) is 15.0. The predicted octanol–water partition coefficient (Wildman–Crippen LogP) is 5.69. The van der Waals surface area contributed by atoms with Crippen LogP contribution in [-0.2, 0) is 11.2 Å². The highest BCUT2D eigenvalue weighted by Crippen LogP contribution is 2.40. The lowest BCUT2D eigenvalue weighted by atomic mass is 9.84. The molecular formula is C26H32O4. The number of aromatic carboxylic acids is 1. The molecule has 0 aliphatic heterocycles. The van der Waals surface area contributed by atoms with Gasteiger partial charge in [0.25, 0.3) is 0 Å². The van der Waals surface area contributed by atoms with Crippen LogP contribution in [0, 0.1) is 5.92 Å². The number of carboxylic acid groups (broad SMARTS) is 1. The summed E-state index contributed by atoms with van der Waals surface area (Å²) in [5.41, 5.74) is 3.37. The Balaban J connectivity index is 1.62. The molecule has 2 N–H and O–H groups in total. The van der Waals surface area contributed by atoms with Gasteiger partial charge in [0.2, 0.25) is 0 Å². The van der Waals surface area contributed by atoms with Crippen molar-refractivity contribution in [2.45, 2.75) is 70.3 Å². The number of ketones is 1. The zero-order valence-electron chi connectivity index (χ0n) is 17.7. The number of aryl methyl sites for hydroxylation is 1. The number of carboxylic acids is 1. The highest BCUT2D eigenvalue weighted by molar-refractivity contribution is 5.88. The van der Waals surface area contributed by atoms with Gasteiger partial charge in [-0.15, -0.1) is 0 Å². The minimum absolute atomic E-state index is 0.0745. The number of carbonyl (C=O) groups excluding carboxylic acids is 1. The maximum absolute atomic E-state index is 12.6. The number of Topliss-reactive ketones (excluding diaryl/α,β-unsaturated/α-hetero) is 1. The van der Waals surface area contributed by atoms with E-state index in [1.54, 1.807) is 12.1 Å². The molecule has 0 radical (unpaired) electrons. The maximum atomic E-state index is 12.6. The summed E-state index contributed by atoms with van der Waals surface area (Å²) in [5.74, 6) is -0.383. The number of rotatable bonds is 10. The third-order valence-corrected chi connectivity index (χ3v) is 6.35. The molecule has 1 aliphatic rings. The van der Waals surface area contributed by atoms with Crippen LogP contribution in [-0.4, -0.2) is 22.0 Å². The monoisotopic (exact) mass is 408 g/mol. The first-order valence-electron chi connectivity index (χ1n) is 11.1. The zero-order chi connectivity index (χ0) is 21.5. The first-order chi connectivity index (χ1) is 14.5. The van der Waals surface area contributed by atoms with Gasteiger partial charge in [0, 0.05) is 12.3 Å². The van der Waals surface area contributed by atoms with Gasteiger partial charge in [0.1, 0.15) is 5.78 Å². The molecule has 3 unspecified atom stereocenters. The molecule has 30 heavy (non-hydrogen) atoms. The molecular weight excluding hydrogens is 376 g/mol. The third kappa shape index (κ3) is 5.57. The second kappa shape index (κ2) is 10.5. The van der Waals surface area contributed by atoms with Crippen LogP contribution in [0.4, 0.5) is 0 Å². The zero-order valence-corrected chi connectivity index (χ0v) is 17.7. The van der Waals surface area contributed by atoms with E-state index in [-0.39, 0.29) is 5.92 Å². The fourth-order valence-corrected chi connectivity index (χ4v) is 4.53. The van der Waals surface area contributed by atoms with Crippen LogP contribution >= 0.6 is 0 Å². The van der Waals surface area contributed by atoms with Crippen molar-refractivity contribution < 1.29 is 19.8 Å². The summed E-state index contributed by atoms with van der Waals surface area (Å²) in [6.45, 7) is 2.15. The van der Waals surface area contributed by atoms with E-state index in [4.69, 9.17) is 5.11 Å². The minimum atomic E-state index is -0.915. The molecule has 0 bridgehead atoms. The van der Waals surface area contributed by atoms with E-state index in [1.165, 1.54) is 0 Å². The van der Waals surface area contributed by atoms with Gasteiger partial charge < -0.3 is 10.2 Å². The second-order valence-corrected chi connectivity index (χ2v) is 8.46. The fraction of sp³-hybridized carbons (Fsp3) is 0.462. The molecule has 1 aliphatic carbocycles. The molecule has 4 heteroatoms. The number of hydrogen-bond donors (Lipinski definition) is 2. The molecule has 160 valence electrons. The Morgan fingerprint density at radius 2 is 1.77 bits per heavy atom. The molecule has 2 aromatic rings. The normalized spacial score (nSPS) is 19.7. The Kier molecular flexibility index (Phi) is 7.81. The van der Waals surface area contributed by atoms with Crippen molar-refractivity contribution in [3.63, 3.8) is 0 Å². The van der Waals surface area contributed by atoms with Crippen LogP contribution in [0.15, 0.2) is 48.5 Å². The van der Waals surface area contributed by atoms with Gasteiger partial charge in [-0.2, -0.15) is 0 Å². The van der Waals surface area contributed by atoms with Crippen molar-refractivity contribution in [2.75, 3.05) is 0 Å². The molecule has 0 saturated heterocycles. The van der Waals surface area contributed by atoms with E-state index in [2.05, 4.69) is 6.92 Å². The van der Waals surface area contributed by atoms with Crippen molar-refractivity contribution >= 4 is 11.8 Å². The van der Waals surface area contributed by atoms with Crippen LogP contribution in [0.1, 0.15) is 90.9 Å². The summed E-state index contributed by atoms with van der Waals surface area (Å²) in [7, 11) is 0. The summed E-state index contributed by atoms with van der Waals surface area (Å²) in [6.07, 6.45) is 6.90. The van der Waals surface area contributed by atoms with E-state index in [0.717, 1.165) is 61.6 Å². The molecule has 3 rings (SSSR count). The highest BCUT2D eigenvalue weighted by Gasteiger charge is 2.35. The lowest BCUT2D eigenvalue weighted by molar-refractivity contribution is -0.119. The minimum Gasteiger partial charge on any atom is -0.478 e. The van der Waals surface area contributed by atoms with Gasteiger partial charge in [-0.05, 0) is 60.4 Å². The van der Waals surface area contributed by atoms with E-state index >= 15 is 0 Å². The Hall–Kier alpha value is -2.46. The summed E-state index contributed by atoms with van der Waals surface area (Å²) >= 11 is 0. The van der Waals surface area contributed by atoms with Crippen LogP contribution in [0.3, 0.4) is 0 Å². The summed E-state index contributed by atoms with van der Waals surface area (Å²) < 4.78 is 0. The largest absolute Gasteiger partial charge is 0.478 e. The number of unbranched alkanes of at least 4 members (excludes halogenated alkanes) is 2. The number of carbonyl (C=O) groups is 2. The number of hydrogen-bond acceptors (Lipinski definition) is 3. The lowest BCUT2D eigenvalue weighted by Gasteiger charge is -2.20. The maximum Gasteiger partial charge on any atom is 0.335 e. The predicted molar refractivity (Wildman–Crippen MR) is 118 cm³/mol. The topological polar surface area (TPSA) is 74.6 Å².